The van der Waals surface area contributed by atoms with Crippen LogP contribution in [0.1, 0.15) is 80.8 Å². The van der Waals surface area contributed by atoms with Crippen LogP contribution >= 0.6 is 0 Å². The molecule has 228 valence electrons. The molecule has 0 amide bonds. The van der Waals surface area contributed by atoms with Gasteiger partial charge < -0.3 is 29.2 Å². The Morgan fingerprint density at radius 2 is 1.12 bits per heavy atom. The van der Waals surface area contributed by atoms with E-state index in [1.807, 2.05) is 76.3 Å². The van der Waals surface area contributed by atoms with Gasteiger partial charge >= 0.3 is 0 Å². The minimum Gasteiger partial charge on any atom is -0.493 e. The predicted octanol–water partition coefficient (Wildman–Crippen LogP) is 8.24. The number of methoxy groups -OCH3 is 2. The zero-order chi connectivity index (χ0) is 31.1. The van der Waals surface area contributed by atoms with E-state index in [2.05, 4.69) is 38.1 Å². The molecule has 0 aliphatic heterocycles. The number of hydrogen-bond acceptors (Lipinski definition) is 6. The van der Waals surface area contributed by atoms with E-state index in [0.717, 1.165) is 29.5 Å². The van der Waals surface area contributed by atoms with Crippen molar-refractivity contribution in [2.24, 2.45) is 0 Å². The Morgan fingerprint density at radius 3 is 1.55 bits per heavy atom. The summed E-state index contributed by atoms with van der Waals surface area (Å²) in [4.78, 5) is 0. The highest BCUT2D eigenvalue weighted by molar-refractivity contribution is 5.71. The number of hydrogen-bond donors (Lipinski definition) is 2. The molecule has 0 aromatic heterocycles. The Morgan fingerprint density at radius 1 is 0.667 bits per heavy atom. The first-order valence-electron chi connectivity index (χ1n) is 14.6. The molecule has 6 nitrogen and oxygen atoms in total. The SMILES string of the molecule is C/C=C/c1cc(OC)c(OC(C)CC)c(OC)c1.CCC(C)Oc1c(CO)cc(/C=C/c2ccc(C)cc2)cc1CO. The quantitative estimate of drug-likeness (QED) is 0.200. The monoisotopic (exact) mass is 576 g/mol. The van der Waals surface area contributed by atoms with Gasteiger partial charge in [-0.2, -0.15) is 0 Å². The molecular formula is C36H48O6. The molecule has 0 saturated carbocycles. The van der Waals surface area contributed by atoms with Gasteiger partial charge in [0.05, 0.1) is 39.6 Å². The molecule has 0 fully saturated rings. The number of rotatable bonds is 13. The number of aliphatic hydroxyl groups is 2. The number of aryl methyl sites for hydroxylation is 1. The zero-order valence-corrected chi connectivity index (χ0v) is 26.4. The van der Waals surface area contributed by atoms with Crippen LogP contribution in [0.2, 0.25) is 0 Å². The summed E-state index contributed by atoms with van der Waals surface area (Å²) in [6.45, 7) is 11.9. The lowest BCUT2D eigenvalue weighted by Crippen LogP contribution is -2.13. The van der Waals surface area contributed by atoms with Crippen molar-refractivity contribution in [3.05, 3.63) is 88.0 Å². The molecule has 0 bridgehead atoms. The largest absolute Gasteiger partial charge is 0.493 e. The van der Waals surface area contributed by atoms with Gasteiger partial charge in [0, 0.05) is 11.1 Å². The minimum absolute atomic E-state index is 0.0366. The Labute approximate surface area is 252 Å². The lowest BCUT2D eigenvalue weighted by molar-refractivity contribution is 0.196. The highest BCUT2D eigenvalue weighted by Crippen LogP contribution is 2.39. The van der Waals surface area contributed by atoms with Gasteiger partial charge in [-0.1, -0.05) is 68.0 Å². The maximum atomic E-state index is 9.68. The van der Waals surface area contributed by atoms with E-state index in [9.17, 15) is 10.2 Å². The molecule has 3 rings (SSSR count). The topological polar surface area (TPSA) is 77.4 Å². The lowest BCUT2D eigenvalue weighted by Gasteiger charge is -2.19. The van der Waals surface area contributed by atoms with Crippen LogP contribution in [0.4, 0.5) is 0 Å². The fourth-order valence-corrected chi connectivity index (χ4v) is 4.01. The molecule has 0 saturated heterocycles. The van der Waals surface area contributed by atoms with Crippen LogP contribution in [0.5, 0.6) is 23.0 Å². The van der Waals surface area contributed by atoms with Crippen LogP contribution in [-0.4, -0.2) is 36.6 Å². The molecule has 3 aromatic rings. The van der Waals surface area contributed by atoms with Gasteiger partial charge in [-0.3, -0.25) is 0 Å². The zero-order valence-electron chi connectivity index (χ0n) is 26.4. The molecule has 0 radical (unpaired) electrons. The molecule has 3 aromatic carbocycles. The first-order chi connectivity index (χ1) is 20.2. The minimum atomic E-state index is -0.120. The second-order valence-corrected chi connectivity index (χ2v) is 10.2. The van der Waals surface area contributed by atoms with Gasteiger partial charge in [-0.05, 0) is 81.5 Å². The first-order valence-corrected chi connectivity index (χ1v) is 14.6. The van der Waals surface area contributed by atoms with Crippen LogP contribution in [0.25, 0.3) is 18.2 Å². The van der Waals surface area contributed by atoms with Crippen molar-refractivity contribution in [1.82, 2.24) is 0 Å². The highest BCUT2D eigenvalue weighted by atomic mass is 16.5. The summed E-state index contributed by atoms with van der Waals surface area (Å²) in [6, 6.07) is 16.0. The molecule has 0 heterocycles. The van der Waals surface area contributed by atoms with Crippen LogP contribution in [-0.2, 0) is 13.2 Å². The maximum absolute atomic E-state index is 9.68. The van der Waals surface area contributed by atoms with Gasteiger partial charge in [0.2, 0.25) is 5.75 Å². The Hall–Kier alpha value is -3.74. The molecule has 6 heteroatoms. The Balaban J connectivity index is 0.000000307. The van der Waals surface area contributed by atoms with Crippen molar-refractivity contribution in [3.63, 3.8) is 0 Å². The van der Waals surface area contributed by atoms with Gasteiger partial charge in [0.15, 0.2) is 11.5 Å². The fourth-order valence-electron chi connectivity index (χ4n) is 4.01. The van der Waals surface area contributed by atoms with E-state index in [0.29, 0.717) is 34.1 Å². The van der Waals surface area contributed by atoms with Crippen molar-refractivity contribution >= 4 is 18.2 Å². The van der Waals surface area contributed by atoms with Crippen molar-refractivity contribution in [2.45, 2.75) is 79.8 Å². The van der Waals surface area contributed by atoms with Gasteiger partial charge in [-0.15, -0.1) is 0 Å². The third-order valence-electron chi connectivity index (χ3n) is 6.78. The van der Waals surface area contributed by atoms with E-state index in [4.69, 9.17) is 18.9 Å². The first kappa shape index (κ1) is 34.5. The number of allylic oxidation sites excluding steroid dienone is 1. The summed E-state index contributed by atoms with van der Waals surface area (Å²) in [5.41, 5.74) is 5.69. The average Bonchev–Trinajstić information content (AvgIpc) is 3.01. The van der Waals surface area contributed by atoms with Crippen LogP contribution in [0, 0.1) is 6.92 Å². The van der Waals surface area contributed by atoms with Gasteiger partial charge in [0.1, 0.15) is 5.75 Å². The second-order valence-electron chi connectivity index (χ2n) is 10.2. The smallest absolute Gasteiger partial charge is 0.203 e. The summed E-state index contributed by atoms with van der Waals surface area (Å²) in [6.07, 6.45) is 9.94. The Bertz CT molecular complexity index is 1240. The van der Waals surface area contributed by atoms with Gasteiger partial charge in [0.25, 0.3) is 0 Å². The number of aliphatic hydroxyl groups excluding tert-OH is 2. The summed E-state index contributed by atoms with van der Waals surface area (Å²) >= 11 is 0. The van der Waals surface area contributed by atoms with E-state index >= 15 is 0 Å². The summed E-state index contributed by atoms with van der Waals surface area (Å²) in [5, 5.41) is 19.4. The molecule has 2 unspecified atom stereocenters. The van der Waals surface area contributed by atoms with Crippen molar-refractivity contribution in [3.8, 4) is 23.0 Å². The average molecular weight is 577 g/mol. The van der Waals surface area contributed by atoms with Crippen LogP contribution in [0.15, 0.2) is 54.6 Å². The van der Waals surface area contributed by atoms with E-state index in [-0.39, 0.29) is 25.4 Å². The van der Waals surface area contributed by atoms with E-state index in [1.54, 1.807) is 14.2 Å². The van der Waals surface area contributed by atoms with E-state index < -0.39 is 0 Å². The standard InChI is InChI=1S/C21H26O3.C15H22O3/c1-4-16(3)24-21-19(13-22)11-18(12-20(21)14-23)10-9-17-7-5-15(2)6-8-17;1-6-8-12-9-13(16-4)15(14(10-12)17-5)18-11(3)7-2/h5-12,16,22-23H,4,13-14H2,1-3H3;6,8-11H,7H2,1-5H3/b10-9+;8-6+. The number of ether oxygens (including phenoxy) is 4. The van der Waals surface area contributed by atoms with Crippen LogP contribution < -0.4 is 18.9 Å². The molecule has 42 heavy (non-hydrogen) atoms. The molecule has 0 aliphatic rings. The summed E-state index contributed by atoms with van der Waals surface area (Å²) < 4.78 is 22.5. The van der Waals surface area contributed by atoms with Crippen molar-refractivity contribution < 1.29 is 29.2 Å². The molecule has 2 N–H and O–H groups in total. The van der Waals surface area contributed by atoms with Crippen molar-refractivity contribution in [1.29, 1.82) is 0 Å². The van der Waals surface area contributed by atoms with Crippen LogP contribution in [0.3, 0.4) is 0 Å². The van der Waals surface area contributed by atoms with Gasteiger partial charge in [-0.25, -0.2) is 0 Å². The third kappa shape index (κ3) is 10.3. The second kappa shape index (κ2) is 17.9. The number of benzene rings is 3. The normalized spacial score (nSPS) is 12.5. The highest BCUT2D eigenvalue weighted by Gasteiger charge is 2.16. The summed E-state index contributed by atoms with van der Waals surface area (Å²) in [5.74, 6) is 2.66. The third-order valence-corrected chi connectivity index (χ3v) is 6.78. The Kier molecular flexibility index (Phi) is 14.7. The lowest BCUT2D eigenvalue weighted by atomic mass is 10.0. The summed E-state index contributed by atoms with van der Waals surface area (Å²) in [7, 11) is 3.27. The fraction of sp³-hybridized carbons (Fsp3) is 0.389. The predicted molar refractivity (Wildman–Crippen MR) is 173 cm³/mol. The van der Waals surface area contributed by atoms with E-state index in [1.165, 1.54) is 5.56 Å². The molecule has 0 aliphatic carbocycles. The maximum Gasteiger partial charge on any atom is 0.203 e. The molecular weight excluding hydrogens is 528 g/mol. The molecule has 2 atom stereocenters. The molecule has 0 spiro atoms. The van der Waals surface area contributed by atoms with Crippen molar-refractivity contribution in [2.75, 3.05) is 14.2 Å².